The average molecular weight is 284 g/mol. The molecule has 0 spiro atoms. The predicted octanol–water partition coefficient (Wildman–Crippen LogP) is 2.20. The molecular formula is C17H24N4. The van der Waals surface area contributed by atoms with Gasteiger partial charge in [0.2, 0.25) is 0 Å². The Bertz CT molecular complexity index is 541. The van der Waals surface area contributed by atoms with Crippen molar-refractivity contribution >= 4 is 5.96 Å². The highest BCUT2D eigenvalue weighted by molar-refractivity contribution is 5.79. The SMILES string of the molecule is CN=C(NCCc1ccc(C)cc1)NCCn1cccc1. The minimum absolute atomic E-state index is 0.856. The van der Waals surface area contributed by atoms with Gasteiger partial charge in [-0.2, -0.15) is 0 Å². The summed E-state index contributed by atoms with van der Waals surface area (Å²) in [7, 11) is 1.80. The fraction of sp³-hybridized carbons (Fsp3) is 0.353. The van der Waals surface area contributed by atoms with Crippen LogP contribution in [-0.2, 0) is 13.0 Å². The van der Waals surface area contributed by atoms with Crippen LogP contribution in [0.5, 0.6) is 0 Å². The first kappa shape index (κ1) is 15.2. The van der Waals surface area contributed by atoms with Gasteiger partial charge in [0.1, 0.15) is 0 Å². The number of benzene rings is 1. The fourth-order valence-electron chi connectivity index (χ4n) is 2.12. The molecule has 0 bridgehead atoms. The number of rotatable bonds is 6. The molecule has 0 radical (unpaired) electrons. The van der Waals surface area contributed by atoms with Gasteiger partial charge in [0.05, 0.1) is 0 Å². The Morgan fingerprint density at radius 2 is 1.71 bits per heavy atom. The van der Waals surface area contributed by atoms with Gasteiger partial charge in [-0.15, -0.1) is 0 Å². The molecule has 0 aliphatic carbocycles. The van der Waals surface area contributed by atoms with Crippen molar-refractivity contribution in [2.75, 3.05) is 20.1 Å². The van der Waals surface area contributed by atoms with E-state index in [9.17, 15) is 0 Å². The van der Waals surface area contributed by atoms with E-state index in [1.807, 2.05) is 12.1 Å². The molecule has 4 heteroatoms. The highest BCUT2D eigenvalue weighted by atomic mass is 15.2. The maximum Gasteiger partial charge on any atom is 0.191 e. The van der Waals surface area contributed by atoms with Gasteiger partial charge in [-0.1, -0.05) is 29.8 Å². The summed E-state index contributed by atoms with van der Waals surface area (Å²) in [6.45, 7) is 4.79. The van der Waals surface area contributed by atoms with E-state index in [0.29, 0.717) is 0 Å². The summed E-state index contributed by atoms with van der Waals surface area (Å²) in [5.74, 6) is 0.856. The van der Waals surface area contributed by atoms with E-state index in [4.69, 9.17) is 0 Å². The van der Waals surface area contributed by atoms with Crippen LogP contribution in [0.25, 0.3) is 0 Å². The number of aliphatic imine (C=N–C) groups is 1. The van der Waals surface area contributed by atoms with E-state index in [1.54, 1.807) is 7.05 Å². The number of aromatic nitrogens is 1. The van der Waals surface area contributed by atoms with Crippen LogP contribution < -0.4 is 10.6 Å². The maximum atomic E-state index is 4.24. The summed E-state index contributed by atoms with van der Waals surface area (Å²) in [6.07, 6.45) is 5.13. The van der Waals surface area contributed by atoms with Crippen molar-refractivity contribution in [3.05, 3.63) is 59.9 Å². The molecule has 0 aliphatic heterocycles. The first-order chi connectivity index (χ1) is 10.3. The number of nitrogens with zero attached hydrogens (tertiary/aromatic N) is 2. The number of nitrogens with one attached hydrogen (secondary N) is 2. The van der Waals surface area contributed by atoms with Gasteiger partial charge in [-0.05, 0) is 31.0 Å². The second-order valence-corrected chi connectivity index (χ2v) is 5.08. The predicted molar refractivity (Wildman–Crippen MR) is 88.7 cm³/mol. The lowest BCUT2D eigenvalue weighted by molar-refractivity contribution is 0.665. The summed E-state index contributed by atoms with van der Waals surface area (Å²) in [4.78, 5) is 4.24. The lowest BCUT2D eigenvalue weighted by atomic mass is 10.1. The van der Waals surface area contributed by atoms with E-state index in [0.717, 1.165) is 32.0 Å². The van der Waals surface area contributed by atoms with Crippen LogP contribution in [0.1, 0.15) is 11.1 Å². The van der Waals surface area contributed by atoms with Crippen LogP contribution in [0, 0.1) is 6.92 Å². The van der Waals surface area contributed by atoms with E-state index < -0.39 is 0 Å². The van der Waals surface area contributed by atoms with Crippen molar-refractivity contribution in [3.8, 4) is 0 Å². The number of aryl methyl sites for hydroxylation is 1. The number of hydrogen-bond donors (Lipinski definition) is 2. The van der Waals surface area contributed by atoms with Crippen molar-refractivity contribution < 1.29 is 0 Å². The quantitative estimate of drug-likeness (QED) is 0.631. The third-order valence-electron chi connectivity index (χ3n) is 3.38. The molecule has 4 nitrogen and oxygen atoms in total. The van der Waals surface area contributed by atoms with Crippen LogP contribution in [0.4, 0.5) is 0 Å². The first-order valence-corrected chi connectivity index (χ1v) is 7.39. The molecular weight excluding hydrogens is 260 g/mol. The third kappa shape index (κ3) is 5.34. The molecule has 0 unspecified atom stereocenters. The van der Waals surface area contributed by atoms with Crippen LogP contribution in [0.3, 0.4) is 0 Å². The second-order valence-electron chi connectivity index (χ2n) is 5.08. The molecule has 0 saturated heterocycles. The van der Waals surface area contributed by atoms with Crippen molar-refractivity contribution in [1.29, 1.82) is 0 Å². The van der Waals surface area contributed by atoms with Crippen LogP contribution in [-0.4, -0.2) is 30.7 Å². The van der Waals surface area contributed by atoms with Gasteiger partial charge < -0.3 is 15.2 Å². The van der Waals surface area contributed by atoms with Crippen LogP contribution in [0.15, 0.2) is 53.8 Å². The Hall–Kier alpha value is -2.23. The number of hydrogen-bond acceptors (Lipinski definition) is 1. The topological polar surface area (TPSA) is 41.4 Å². The number of guanidine groups is 1. The highest BCUT2D eigenvalue weighted by Crippen LogP contribution is 2.02. The molecule has 2 aromatic rings. The molecule has 1 aromatic carbocycles. The lowest BCUT2D eigenvalue weighted by Gasteiger charge is -2.12. The molecule has 0 amide bonds. The van der Waals surface area contributed by atoms with Crippen LogP contribution in [0.2, 0.25) is 0 Å². The minimum atomic E-state index is 0.856. The van der Waals surface area contributed by atoms with Gasteiger partial charge >= 0.3 is 0 Å². The lowest BCUT2D eigenvalue weighted by Crippen LogP contribution is -2.39. The van der Waals surface area contributed by atoms with E-state index in [1.165, 1.54) is 11.1 Å². The summed E-state index contributed by atoms with van der Waals surface area (Å²) in [5, 5.41) is 6.66. The van der Waals surface area contributed by atoms with Gasteiger partial charge in [-0.3, -0.25) is 4.99 Å². The molecule has 2 rings (SSSR count). The highest BCUT2D eigenvalue weighted by Gasteiger charge is 1.98. The summed E-state index contributed by atoms with van der Waals surface area (Å²) < 4.78 is 2.15. The van der Waals surface area contributed by atoms with Gasteiger partial charge in [0.25, 0.3) is 0 Å². The fourth-order valence-corrected chi connectivity index (χ4v) is 2.12. The summed E-state index contributed by atoms with van der Waals surface area (Å²) in [6, 6.07) is 12.7. The zero-order valence-electron chi connectivity index (χ0n) is 12.8. The summed E-state index contributed by atoms with van der Waals surface area (Å²) in [5.41, 5.74) is 2.64. The van der Waals surface area contributed by atoms with Gasteiger partial charge in [-0.25, -0.2) is 0 Å². The van der Waals surface area contributed by atoms with E-state index in [-0.39, 0.29) is 0 Å². The summed E-state index contributed by atoms with van der Waals surface area (Å²) >= 11 is 0. The molecule has 1 aromatic heterocycles. The minimum Gasteiger partial charge on any atom is -0.356 e. The third-order valence-corrected chi connectivity index (χ3v) is 3.38. The maximum absolute atomic E-state index is 4.24. The van der Waals surface area contributed by atoms with Crippen molar-refractivity contribution in [2.45, 2.75) is 19.9 Å². The Kier molecular flexibility index (Phi) is 5.88. The second kappa shape index (κ2) is 8.15. The molecule has 2 N–H and O–H groups in total. The van der Waals surface area contributed by atoms with Crippen molar-refractivity contribution in [3.63, 3.8) is 0 Å². The molecule has 0 saturated carbocycles. The normalized spacial score (nSPS) is 11.4. The zero-order chi connectivity index (χ0) is 14.9. The van der Waals surface area contributed by atoms with Crippen LogP contribution >= 0.6 is 0 Å². The average Bonchev–Trinajstić information content (AvgIpc) is 3.01. The monoisotopic (exact) mass is 284 g/mol. The molecule has 0 fully saturated rings. The molecule has 112 valence electrons. The van der Waals surface area contributed by atoms with Gasteiger partial charge in [0.15, 0.2) is 5.96 Å². The Morgan fingerprint density at radius 1 is 1.05 bits per heavy atom. The largest absolute Gasteiger partial charge is 0.356 e. The Balaban J connectivity index is 1.66. The molecule has 0 aliphatic rings. The molecule has 21 heavy (non-hydrogen) atoms. The first-order valence-electron chi connectivity index (χ1n) is 7.39. The standard InChI is InChI=1S/C17H24N4/c1-15-5-7-16(8-6-15)9-10-19-17(18-2)20-11-14-21-12-3-4-13-21/h3-8,12-13H,9-11,14H2,1-2H3,(H2,18,19,20). The molecule has 1 heterocycles. The molecule has 0 atom stereocenters. The smallest absolute Gasteiger partial charge is 0.191 e. The van der Waals surface area contributed by atoms with Crippen molar-refractivity contribution in [1.82, 2.24) is 15.2 Å². The van der Waals surface area contributed by atoms with Gasteiger partial charge in [0, 0.05) is 39.1 Å². The van der Waals surface area contributed by atoms with E-state index in [2.05, 4.69) is 63.8 Å². The Morgan fingerprint density at radius 3 is 2.38 bits per heavy atom. The Labute approximate surface area is 126 Å². The zero-order valence-corrected chi connectivity index (χ0v) is 12.8. The van der Waals surface area contributed by atoms with Crippen molar-refractivity contribution in [2.24, 2.45) is 4.99 Å². The van der Waals surface area contributed by atoms with E-state index >= 15 is 0 Å².